The number of anilines is 2. The van der Waals surface area contributed by atoms with E-state index in [0.29, 0.717) is 0 Å². The second kappa shape index (κ2) is 4.59. The summed E-state index contributed by atoms with van der Waals surface area (Å²) in [6.07, 6.45) is 5.63. The van der Waals surface area contributed by atoms with Gasteiger partial charge in [0, 0.05) is 11.7 Å². The molecule has 3 rings (SSSR count). The molecule has 2 atom stereocenters. The Morgan fingerprint density at radius 1 is 1.22 bits per heavy atom. The molecule has 18 heavy (non-hydrogen) atoms. The van der Waals surface area contributed by atoms with Crippen molar-refractivity contribution in [2.45, 2.75) is 45.1 Å². The van der Waals surface area contributed by atoms with E-state index in [1.54, 1.807) is 0 Å². The number of hydrogen-bond acceptors (Lipinski definition) is 3. The topological polar surface area (TPSA) is 54.0 Å². The summed E-state index contributed by atoms with van der Waals surface area (Å²) < 4.78 is 0. The van der Waals surface area contributed by atoms with Crippen LogP contribution in [0.3, 0.4) is 0 Å². The number of amides is 1. The highest BCUT2D eigenvalue weighted by atomic mass is 16.2. The number of aryl methyl sites for hydroxylation is 1. The summed E-state index contributed by atoms with van der Waals surface area (Å²) in [5.74, 6) is 1.07. The highest BCUT2D eigenvalue weighted by Crippen LogP contribution is 2.32. The van der Waals surface area contributed by atoms with E-state index >= 15 is 0 Å². The Labute approximate surface area is 107 Å². The van der Waals surface area contributed by atoms with Crippen LogP contribution >= 0.6 is 0 Å². The lowest BCUT2D eigenvalue weighted by Gasteiger charge is -2.21. The zero-order valence-corrected chi connectivity index (χ0v) is 10.7. The molecule has 0 aromatic carbocycles. The Hall–Kier alpha value is -1.58. The fourth-order valence-corrected chi connectivity index (χ4v) is 2.96. The van der Waals surface area contributed by atoms with Crippen LogP contribution in [0.15, 0.2) is 12.1 Å². The monoisotopic (exact) mass is 245 g/mol. The number of carbonyl (C=O) groups is 1. The third-order valence-electron chi connectivity index (χ3n) is 3.97. The Bertz CT molecular complexity index is 472. The molecule has 2 unspecified atom stereocenters. The summed E-state index contributed by atoms with van der Waals surface area (Å²) in [4.78, 5) is 16.8. The molecule has 0 spiro atoms. The first kappa shape index (κ1) is 11.5. The molecule has 1 aliphatic carbocycles. The highest BCUT2D eigenvalue weighted by molar-refractivity contribution is 5.97. The average molecular weight is 245 g/mol. The summed E-state index contributed by atoms with van der Waals surface area (Å²) in [6.45, 7) is 1.97. The lowest BCUT2D eigenvalue weighted by Crippen LogP contribution is -2.34. The predicted octanol–water partition coefficient (Wildman–Crippen LogP) is 2.70. The first-order valence-electron chi connectivity index (χ1n) is 6.79. The summed E-state index contributed by atoms with van der Waals surface area (Å²) >= 11 is 0. The van der Waals surface area contributed by atoms with Crippen LogP contribution in [0.1, 0.15) is 37.8 Å². The second-order valence-corrected chi connectivity index (χ2v) is 5.33. The molecule has 1 fully saturated rings. The van der Waals surface area contributed by atoms with E-state index in [-0.39, 0.29) is 17.9 Å². The molecule has 0 bridgehead atoms. The standard InChI is InChI=1S/C14H19N3O/c1-9-7-8-12-13(15-9)16-11-6-4-2-3-5-10(11)14(18)17-12/h7-8,10-11H,2-6H2,1H3,(H,15,16)(H,17,18). The molecule has 1 aromatic rings. The number of pyridine rings is 1. The molecule has 2 heterocycles. The quantitative estimate of drug-likeness (QED) is 0.739. The number of carbonyl (C=O) groups excluding carboxylic acids is 1. The van der Waals surface area contributed by atoms with Crippen LogP contribution in [0.5, 0.6) is 0 Å². The molecule has 4 nitrogen and oxygen atoms in total. The number of nitrogens with zero attached hydrogens (tertiary/aromatic N) is 1. The van der Waals surface area contributed by atoms with Gasteiger partial charge in [-0.1, -0.05) is 19.3 Å². The molecule has 4 heteroatoms. The van der Waals surface area contributed by atoms with Crippen LogP contribution in [0.25, 0.3) is 0 Å². The molecule has 2 aliphatic rings. The van der Waals surface area contributed by atoms with Crippen LogP contribution in [-0.4, -0.2) is 16.9 Å². The number of nitrogens with one attached hydrogen (secondary N) is 2. The lowest BCUT2D eigenvalue weighted by molar-refractivity contribution is -0.120. The van der Waals surface area contributed by atoms with Crippen LogP contribution in [-0.2, 0) is 4.79 Å². The zero-order chi connectivity index (χ0) is 12.5. The molecule has 96 valence electrons. The van der Waals surface area contributed by atoms with Crippen molar-refractivity contribution in [2.24, 2.45) is 5.92 Å². The maximum atomic E-state index is 12.3. The normalized spacial score (nSPS) is 27.1. The van der Waals surface area contributed by atoms with Gasteiger partial charge >= 0.3 is 0 Å². The minimum atomic E-state index is 0.0852. The Morgan fingerprint density at radius 3 is 2.94 bits per heavy atom. The second-order valence-electron chi connectivity index (χ2n) is 5.33. The third kappa shape index (κ3) is 2.07. The summed E-state index contributed by atoms with van der Waals surface area (Å²) in [5, 5.41) is 6.49. The zero-order valence-electron chi connectivity index (χ0n) is 10.7. The van der Waals surface area contributed by atoms with Crippen molar-refractivity contribution in [3.05, 3.63) is 17.8 Å². The molecule has 1 saturated carbocycles. The van der Waals surface area contributed by atoms with Crippen LogP contribution in [0, 0.1) is 12.8 Å². The van der Waals surface area contributed by atoms with E-state index in [2.05, 4.69) is 15.6 Å². The first-order chi connectivity index (χ1) is 8.74. The minimum Gasteiger partial charge on any atom is -0.365 e. The number of fused-ring (bicyclic) bond motifs is 2. The van der Waals surface area contributed by atoms with E-state index in [1.165, 1.54) is 12.8 Å². The Kier molecular flexibility index (Phi) is 2.94. The van der Waals surface area contributed by atoms with Gasteiger partial charge in [-0.15, -0.1) is 0 Å². The Morgan fingerprint density at radius 2 is 2.06 bits per heavy atom. The summed E-state index contributed by atoms with van der Waals surface area (Å²) in [5.41, 5.74) is 1.79. The van der Waals surface area contributed by atoms with Crippen molar-refractivity contribution in [2.75, 3.05) is 10.6 Å². The van der Waals surface area contributed by atoms with Gasteiger partial charge in [0.05, 0.1) is 11.6 Å². The van der Waals surface area contributed by atoms with Crippen molar-refractivity contribution in [3.8, 4) is 0 Å². The van der Waals surface area contributed by atoms with Crippen molar-refractivity contribution in [1.82, 2.24) is 4.98 Å². The van der Waals surface area contributed by atoms with Crippen molar-refractivity contribution in [3.63, 3.8) is 0 Å². The van der Waals surface area contributed by atoms with Crippen molar-refractivity contribution < 1.29 is 4.79 Å². The third-order valence-corrected chi connectivity index (χ3v) is 3.97. The van der Waals surface area contributed by atoms with Crippen molar-refractivity contribution >= 4 is 17.4 Å². The van der Waals surface area contributed by atoms with Gasteiger partial charge in [-0.05, 0) is 31.9 Å². The number of hydrogen-bond donors (Lipinski definition) is 2. The Balaban J connectivity index is 1.96. The average Bonchev–Trinajstić information content (AvgIpc) is 2.63. The van der Waals surface area contributed by atoms with E-state index < -0.39 is 0 Å². The van der Waals surface area contributed by atoms with Gasteiger partial charge in [0.25, 0.3) is 0 Å². The van der Waals surface area contributed by atoms with Gasteiger partial charge in [0.1, 0.15) is 5.82 Å². The molecule has 1 amide bonds. The van der Waals surface area contributed by atoms with Gasteiger partial charge in [0.15, 0.2) is 0 Å². The molecule has 2 N–H and O–H groups in total. The van der Waals surface area contributed by atoms with Gasteiger partial charge in [-0.2, -0.15) is 0 Å². The molecule has 1 aliphatic heterocycles. The molecule has 0 saturated heterocycles. The van der Waals surface area contributed by atoms with E-state index in [0.717, 1.165) is 36.5 Å². The predicted molar refractivity (Wildman–Crippen MR) is 71.6 cm³/mol. The molecule has 0 radical (unpaired) electrons. The van der Waals surface area contributed by atoms with Crippen LogP contribution < -0.4 is 10.6 Å². The fraction of sp³-hybridized carbons (Fsp3) is 0.571. The van der Waals surface area contributed by atoms with Gasteiger partial charge in [0.2, 0.25) is 5.91 Å². The van der Waals surface area contributed by atoms with Gasteiger partial charge in [-0.3, -0.25) is 4.79 Å². The minimum absolute atomic E-state index is 0.0852. The number of aromatic nitrogens is 1. The lowest BCUT2D eigenvalue weighted by atomic mass is 9.94. The fourth-order valence-electron chi connectivity index (χ4n) is 2.96. The van der Waals surface area contributed by atoms with E-state index in [1.807, 2.05) is 19.1 Å². The smallest absolute Gasteiger partial charge is 0.229 e. The summed E-state index contributed by atoms with van der Waals surface area (Å²) in [6, 6.07) is 4.11. The first-order valence-corrected chi connectivity index (χ1v) is 6.79. The molecule has 1 aromatic heterocycles. The van der Waals surface area contributed by atoms with E-state index in [4.69, 9.17) is 0 Å². The largest absolute Gasteiger partial charge is 0.365 e. The molecular weight excluding hydrogens is 226 g/mol. The summed E-state index contributed by atoms with van der Waals surface area (Å²) in [7, 11) is 0. The maximum Gasteiger partial charge on any atom is 0.229 e. The van der Waals surface area contributed by atoms with E-state index in [9.17, 15) is 4.79 Å². The SMILES string of the molecule is Cc1ccc2c(n1)NC1CCCCCC1C(=O)N2. The highest BCUT2D eigenvalue weighted by Gasteiger charge is 2.33. The van der Waals surface area contributed by atoms with Gasteiger partial charge in [-0.25, -0.2) is 4.98 Å². The number of rotatable bonds is 0. The maximum absolute atomic E-state index is 12.3. The molecular formula is C14H19N3O. The van der Waals surface area contributed by atoms with Crippen molar-refractivity contribution in [1.29, 1.82) is 0 Å². The van der Waals surface area contributed by atoms with Crippen LogP contribution in [0.2, 0.25) is 0 Å². The van der Waals surface area contributed by atoms with Gasteiger partial charge < -0.3 is 10.6 Å². The van der Waals surface area contributed by atoms with Crippen LogP contribution in [0.4, 0.5) is 11.5 Å².